The quantitative estimate of drug-likeness (QED) is 0.206. The zero-order valence-electron chi connectivity index (χ0n) is 10.3. The fourth-order valence-electron chi connectivity index (χ4n) is 1.20. The van der Waals surface area contributed by atoms with Gasteiger partial charge < -0.3 is 14.5 Å². The number of hydrogen-bond donors (Lipinski definition) is 0. The second kappa shape index (κ2) is 5.94. The number of hydrogen-bond acceptors (Lipinski definition) is 5. The fourth-order valence-corrected chi connectivity index (χ4v) is 1.68. The minimum Gasteiger partial charge on any atom is -0.460 e. The molecule has 0 atom stereocenters. The van der Waals surface area contributed by atoms with Crippen LogP contribution in [0, 0.1) is 0 Å². The zero-order chi connectivity index (χ0) is 16.3. The van der Waals surface area contributed by atoms with Crippen molar-refractivity contribution in [3.8, 4) is 5.75 Å². The summed E-state index contributed by atoms with van der Waals surface area (Å²) in [6.45, 7) is 0. The summed E-state index contributed by atoms with van der Waals surface area (Å²) in [5.41, 5.74) is 1.77. The Morgan fingerprint density at radius 3 is 2.33 bits per heavy atom. The van der Waals surface area contributed by atoms with E-state index in [0.717, 1.165) is 25.3 Å². The van der Waals surface area contributed by atoms with Crippen molar-refractivity contribution >= 4 is 21.8 Å². The van der Waals surface area contributed by atoms with Crippen LogP contribution in [0.3, 0.4) is 0 Å². The molecule has 0 bridgehead atoms. The molecule has 0 aliphatic rings. The van der Waals surface area contributed by atoms with Gasteiger partial charge in [0.2, 0.25) is 0 Å². The fraction of sp³-hybridized carbons (Fsp3) is 0.200. The van der Waals surface area contributed by atoms with Gasteiger partial charge in [-0.15, -0.1) is 0 Å². The average Bonchev–Trinajstić information content (AvgIpc) is 2.39. The molecule has 0 spiro atoms. The topological polar surface area (TPSA) is 106 Å². The van der Waals surface area contributed by atoms with E-state index in [1.54, 1.807) is 0 Å². The van der Waals surface area contributed by atoms with Crippen LogP contribution in [0.5, 0.6) is 5.75 Å². The molecule has 0 aliphatic carbocycles. The van der Waals surface area contributed by atoms with Gasteiger partial charge >= 0.3 is 27.3 Å². The minimum atomic E-state index is -5.94. The van der Waals surface area contributed by atoms with Crippen LogP contribution in [0.1, 0.15) is 5.56 Å². The molecule has 7 nitrogen and oxygen atoms in total. The predicted molar refractivity (Wildman–Crippen MR) is 61.8 cm³/mol. The average molecular weight is 324 g/mol. The van der Waals surface area contributed by atoms with Crippen molar-refractivity contribution in [2.45, 2.75) is 5.51 Å². The number of benzene rings is 1. The van der Waals surface area contributed by atoms with Crippen molar-refractivity contribution in [2.24, 2.45) is 0 Å². The Labute approximate surface area is 116 Å². The molecule has 0 radical (unpaired) electrons. The third-order valence-corrected chi connectivity index (χ3v) is 3.07. The first-order chi connectivity index (χ1) is 9.64. The van der Waals surface area contributed by atoms with Crippen molar-refractivity contribution in [3.05, 3.63) is 35.4 Å². The second-order valence-corrected chi connectivity index (χ2v) is 4.96. The smallest absolute Gasteiger partial charge is 0.460 e. The molecule has 0 amide bonds. The standard InChI is InChI=1S/C10H7F3N2O5S/c1-19-9(16)8(15-14)6-4-2-3-5-7(6)20-21(17,18)10(11,12)13/h2-5H,1H3. The summed E-state index contributed by atoms with van der Waals surface area (Å²) in [7, 11) is -5.00. The third-order valence-electron chi connectivity index (χ3n) is 2.10. The molecule has 0 saturated carbocycles. The number of esters is 1. The lowest BCUT2D eigenvalue weighted by Crippen LogP contribution is -2.29. The number of alkyl halides is 3. The summed E-state index contributed by atoms with van der Waals surface area (Å²) in [4.78, 5) is 13.9. The molecule has 0 aromatic heterocycles. The summed E-state index contributed by atoms with van der Waals surface area (Å²) in [6.07, 6.45) is 0. The van der Waals surface area contributed by atoms with Gasteiger partial charge in [-0.3, -0.25) is 0 Å². The van der Waals surface area contributed by atoms with E-state index in [1.807, 2.05) is 0 Å². The molecule has 11 heteroatoms. The Kier molecular flexibility index (Phi) is 4.71. The van der Waals surface area contributed by atoms with E-state index < -0.39 is 38.6 Å². The Hall–Kier alpha value is -2.39. The number of methoxy groups -OCH3 is 1. The number of carbonyl (C=O) groups excluding carboxylic acids is 1. The second-order valence-electron chi connectivity index (χ2n) is 3.42. The van der Waals surface area contributed by atoms with Crippen LogP contribution in [0.4, 0.5) is 13.2 Å². The first-order valence-corrected chi connectivity index (χ1v) is 6.45. The van der Waals surface area contributed by atoms with E-state index in [-0.39, 0.29) is 0 Å². The van der Waals surface area contributed by atoms with Crippen LogP contribution in [0.25, 0.3) is 5.53 Å². The van der Waals surface area contributed by atoms with Crippen molar-refractivity contribution in [3.63, 3.8) is 0 Å². The van der Waals surface area contributed by atoms with Crippen LogP contribution in [-0.2, 0) is 19.6 Å². The monoisotopic (exact) mass is 324 g/mol. The lowest BCUT2D eigenvalue weighted by Gasteiger charge is -2.10. The maximum atomic E-state index is 12.3. The molecule has 1 aromatic carbocycles. The van der Waals surface area contributed by atoms with Crippen molar-refractivity contribution in [2.75, 3.05) is 7.11 Å². The molecule has 0 fully saturated rings. The van der Waals surface area contributed by atoms with Gasteiger partial charge in [0.15, 0.2) is 5.75 Å². The lowest BCUT2D eigenvalue weighted by molar-refractivity contribution is -0.137. The molecule has 1 rings (SSSR count). The number of carbonyl (C=O) groups is 1. The van der Waals surface area contributed by atoms with Gasteiger partial charge in [0, 0.05) is 0 Å². The number of ether oxygens (including phenoxy) is 1. The first-order valence-electron chi connectivity index (χ1n) is 5.04. The lowest BCUT2D eigenvalue weighted by atomic mass is 10.1. The predicted octanol–water partition coefficient (Wildman–Crippen LogP) is 1.11. The highest BCUT2D eigenvalue weighted by Gasteiger charge is 2.49. The van der Waals surface area contributed by atoms with Crippen LogP contribution in [0.2, 0.25) is 0 Å². The van der Waals surface area contributed by atoms with Crippen molar-refractivity contribution < 1.29 is 40.1 Å². The van der Waals surface area contributed by atoms with E-state index in [0.29, 0.717) is 0 Å². The molecular weight excluding hydrogens is 317 g/mol. The Balaban J connectivity index is 3.36. The van der Waals surface area contributed by atoms with Gasteiger partial charge in [-0.2, -0.15) is 26.4 Å². The molecule has 0 unspecified atom stereocenters. The summed E-state index contributed by atoms with van der Waals surface area (Å²) in [5.74, 6) is -2.04. The Bertz CT molecular complexity index is 708. The van der Waals surface area contributed by atoms with Crippen LogP contribution in [0.15, 0.2) is 24.3 Å². The Morgan fingerprint density at radius 1 is 1.29 bits per heavy atom. The van der Waals surface area contributed by atoms with E-state index in [9.17, 15) is 26.4 Å². The van der Waals surface area contributed by atoms with E-state index >= 15 is 0 Å². The SMILES string of the molecule is COC(=O)C(=[N+]=[N-])c1ccccc1OS(=O)(=O)C(F)(F)F. The highest BCUT2D eigenvalue weighted by molar-refractivity contribution is 7.88. The van der Waals surface area contributed by atoms with Crippen LogP contribution in [-0.4, -0.2) is 37.5 Å². The van der Waals surface area contributed by atoms with Gasteiger partial charge in [0.25, 0.3) is 0 Å². The number of rotatable bonds is 4. The van der Waals surface area contributed by atoms with Crippen LogP contribution >= 0.6 is 0 Å². The third kappa shape index (κ3) is 3.58. The molecular formula is C10H7F3N2O5S. The minimum absolute atomic E-state index is 0.486. The summed E-state index contributed by atoms with van der Waals surface area (Å²) >= 11 is 0. The molecule has 0 heterocycles. The van der Waals surface area contributed by atoms with Gasteiger partial charge in [0.05, 0.1) is 7.11 Å². The number of halogens is 3. The zero-order valence-corrected chi connectivity index (χ0v) is 11.1. The molecule has 1 aromatic rings. The Morgan fingerprint density at radius 2 is 1.86 bits per heavy atom. The number of para-hydroxylation sites is 1. The largest absolute Gasteiger partial charge is 0.534 e. The van der Waals surface area contributed by atoms with Crippen LogP contribution < -0.4 is 4.18 Å². The van der Waals surface area contributed by atoms with Gasteiger partial charge in [0.1, 0.15) is 5.56 Å². The normalized spacial score (nSPS) is 11.4. The maximum absolute atomic E-state index is 12.3. The van der Waals surface area contributed by atoms with E-state index in [4.69, 9.17) is 5.53 Å². The summed E-state index contributed by atoms with van der Waals surface area (Å²) in [6, 6.07) is 4.30. The summed E-state index contributed by atoms with van der Waals surface area (Å²) < 4.78 is 66.9. The van der Waals surface area contributed by atoms with Gasteiger partial charge in [-0.25, -0.2) is 4.79 Å². The van der Waals surface area contributed by atoms with E-state index in [1.165, 1.54) is 6.07 Å². The maximum Gasteiger partial charge on any atom is 0.534 e. The molecule has 114 valence electrons. The van der Waals surface area contributed by atoms with Gasteiger partial charge in [-0.1, -0.05) is 12.1 Å². The van der Waals surface area contributed by atoms with Gasteiger partial charge in [-0.05, 0) is 12.1 Å². The summed E-state index contributed by atoms with van der Waals surface area (Å²) in [5, 5.41) is 0. The van der Waals surface area contributed by atoms with E-state index in [2.05, 4.69) is 13.7 Å². The first kappa shape index (κ1) is 16.7. The highest BCUT2D eigenvalue weighted by Crippen LogP contribution is 2.29. The molecule has 21 heavy (non-hydrogen) atoms. The number of nitrogens with zero attached hydrogens (tertiary/aromatic N) is 2. The highest BCUT2D eigenvalue weighted by atomic mass is 32.2. The molecule has 0 N–H and O–H groups in total. The van der Waals surface area contributed by atoms with Crippen molar-refractivity contribution in [1.82, 2.24) is 0 Å². The molecule has 0 aliphatic heterocycles. The molecule has 0 saturated heterocycles. The van der Waals surface area contributed by atoms with Crippen molar-refractivity contribution in [1.29, 1.82) is 0 Å².